The molecule has 0 bridgehead atoms. The first kappa shape index (κ1) is 10.9. The number of carbonyl (C=O) groups is 1. The summed E-state index contributed by atoms with van der Waals surface area (Å²) < 4.78 is 5.21. The van der Waals surface area contributed by atoms with Crippen LogP contribution in [0.3, 0.4) is 0 Å². The van der Waals surface area contributed by atoms with Crippen LogP contribution in [0, 0.1) is 0 Å². The molecule has 16 heavy (non-hydrogen) atoms. The van der Waals surface area contributed by atoms with Gasteiger partial charge in [0, 0.05) is 38.2 Å². The van der Waals surface area contributed by atoms with Gasteiger partial charge in [-0.15, -0.1) is 0 Å². The molecule has 0 atom stereocenters. The highest BCUT2D eigenvalue weighted by molar-refractivity contribution is 5.91. The molecule has 5 heteroatoms. The van der Waals surface area contributed by atoms with E-state index in [-0.39, 0.29) is 6.03 Å². The Hall–Kier alpha value is -1.62. The molecule has 2 rings (SSSR count). The van der Waals surface area contributed by atoms with Gasteiger partial charge in [-0.3, -0.25) is 9.88 Å². The number of pyridine rings is 1. The molecule has 0 unspecified atom stereocenters. The second-order valence-corrected chi connectivity index (χ2v) is 3.65. The maximum absolute atomic E-state index is 12.1. The van der Waals surface area contributed by atoms with Gasteiger partial charge in [-0.05, 0) is 12.1 Å². The first-order valence-electron chi connectivity index (χ1n) is 5.29. The van der Waals surface area contributed by atoms with E-state index >= 15 is 0 Å². The summed E-state index contributed by atoms with van der Waals surface area (Å²) in [4.78, 5) is 19.4. The minimum absolute atomic E-state index is 0.00880. The molecule has 1 fully saturated rings. The third-order valence-electron chi connectivity index (χ3n) is 2.62. The van der Waals surface area contributed by atoms with Gasteiger partial charge in [0.15, 0.2) is 0 Å². The molecule has 0 saturated carbocycles. The van der Waals surface area contributed by atoms with Crippen LogP contribution in [0.5, 0.6) is 0 Å². The van der Waals surface area contributed by atoms with E-state index in [9.17, 15) is 4.79 Å². The van der Waals surface area contributed by atoms with E-state index in [2.05, 4.69) is 4.98 Å². The fourth-order valence-corrected chi connectivity index (χ4v) is 1.64. The zero-order valence-electron chi connectivity index (χ0n) is 9.30. The monoisotopic (exact) mass is 221 g/mol. The highest BCUT2D eigenvalue weighted by Crippen LogP contribution is 2.12. The predicted molar refractivity (Wildman–Crippen MR) is 60.4 cm³/mol. The van der Waals surface area contributed by atoms with Crippen LogP contribution < -0.4 is 4.90 Å². The van der Waals surface area contributed by atoms with Crippen molar-refractivity contribution in [3.63, 3.8) is 0 Å². The highest BCUT2D eigenvalue weighted by Gasteiger charge is 2.20. The molecule has 0 radical (unpaired) electrons. The Balaban J connectivity index is 2.04. The normalized spacial score (nSPS) is 15.9. The summed E-state index contributed by atoms with van der Waals surface area (Å²) in [6.45, 7) is 2.56. The van der Waals surface area contributed by atoms with E-state index in [1.54, 1.807) is 29.2 Å². The zero-order valence-corrected chi connectivity index (χ0v) is 9.30. The van der Waals surface area contributed by atoms with E-state index in [0.29, 0.717) is 26.3 Å². The molecule has 1 aromatic heterocycles. The number of urea groups is 1. The van der Waals surface area contributed by atoms with E-state index in [1.807, 2.05) is 12.1 Å². The minimum atomic E-state index is 0.00880. The van der Waals surface area contributed by atoms with Crippen molar-refractivity contribution in [1.82, 2.24) is 9.88 Å². The van der Waals surface area contributed by atoms with Gasteiger partial charge in [0.25, 0.3) is 0 Å². The summed E-state index contributed by atoms with van der Waals surface area (Å²) in [7, 11) is 1.77. The van der Waals surface area contributed by atoms with Gasteiger partial charge in [0.2, 0.25) is 0 Å². The third kappa shape index (κ3) is 2.30. The fourth-order valence-electron chi connectivity index (χ4n) is 1.64. The van der Waals surface area contributed by atoms with Crippen LogP contribution in [-0.2, 0) is 4.74 Å². The number of aromatic nitrogens is 1. The molecule has 2 heterocycles. The molecule has 1 aromatic rings. The van der Waals surface area contributed by atoms with Crippen LogP contribution in [0.2, 0.25) is 0 Å². The maximum Gasteiger partial charge on any atom is 0.324 e. The smallest absolute Gasteiger partial charge is 0.324 e. The Bertz CT molecular complexity index is 350. The lowest BCUT2D eigenvalue weighted by Crippen LogP contribution is -2.47. The van der Waals surface area contributed by atoms with Crippen molar-refractivity contribution in [1.29, 1.82) is 0 Å². The lowest BCUT2D eigenvalue weighted by Gasteiger charge is -2.30. The standard InChI is InChI=1S/C11H15N3O2/c1-13(10-2-4-12-5-3-10)11(15)14-6-8-16-9-7-14/h2-5H,6-9H2,1H3. The van der Waals surface area contributed by atoms with Gasteiger partial charge in [-0.1, -0.05) is 0 Å². The van der Waals surface area contributed by atoms with Gasteiger partial charge in [0.05, 0.1) is 13.2 Å². The zero-order chi connectivity index (χ0) is 11.4. The molecule has 0 aromatic carbocycles. The summed E-state index contributed by atoms with van der Waals surface area (Å²) in [6, 6.07) is 3.64. The lowest BCUT2D eigenvalue weighted by molar-refractivity contribution is 0.0551. The average molecular weight is 221 g/mol. The Morgan fingerprint density at radius 1 is 1.38 bits per heavy atom. The molecule has 86 valence electrons. The summed E-state index contributed by atoms with van der Waals surface area (Å²) in [5.74, 6) is 0. The van der Waals surface area contributed by atoms with E-state index < -0.39 is 0 Å². The van der Waals surface area contributed by atoms with Crippen LogP contribution >= 0.6 is 0 Å². The first-order chi connectivity index (χ1) is 7.79. The Kier molecular flexibility index (Phi) is 3.36. The summed E-state index contributed by atoms with van der Waals surface area (Å²) in [6.07, 6.45) is 3.36. The van der Waals surface area contributed by atoms with Gasteiger partial charge < -0.3 is 9.64 Å². The largest absolute Gasteiger partial charge is 0.378 e. The second kappa shape index (κ2) is 4.94. The van der Waals surface area contributed by atoms with Gasteiger partial charge >= 0.3 is 6.03 Å². The topological polar surface area (TPSA) is 45.7 Å². The summed E-state index contributed by atoms with van der Waals surface area (Å²) in [5.41, 5.74) is 0.853. The number of anilines is 1. The molecule has 1 aliphatic heterocycles. The lowest BCUT2D eigenvalue weighted by atomic mass is 10.3. The van der Waals surface area contributed by atoms with Crippen molar-refractivity contribution in [3.8, 4) is 0 Å². The van der Waals surface area contributed by atoms with Gasteiger partial charge in [-0.25, -0.2) is 4.79 Å². The number of hydrogen-bond acceptors (Lipinski definition) is 3. The number of rotatable bonds is 1. The number of ether oxygens (including phenoxy) is 1. The van der Waals surface area contributed by atoms with Crippen LogP contribution in [0.4, 0.5) is 10.5 Å². The van der Waals surface area contributed by atoms with Crippen molar-refractivity contribution in [2.45, 2.75) is 0 Å². The molecule has 1 saturated heterocycles. The van der Waals surface area contributed by atoms with Crippen molar-refractivity contribution < 1.29 is 9.53 Å². The number of carbonyl (C=O) groups excluding carboxylic acids is 1. The molecular formula is C11H15N3O2. The quantitative estimate of drug-likeness (QED) is 0.710. The average Bonchev–Trinajstić information content (AvgIpc) is 2.39. The number of nitrogens with zero attached hydrogens (tertiary/aromatic N) is 3. The molecule has 0 N–H and O–H groups in total. The van der Waals surface area contributed by atoms with Crippen molar-refractivity contribution in [3.05, 3.63) is 24.5 Å². The number of morpholine rings is 1. The Morgan fingerprint density at radius 3 is 2.62 bits per heavy atom. The van der Waals surface area contributed by atoms with Crippen LogP contribution in [0.1, 0.15) is 0 Å². The summed E-state index contributed by atoms with van der Waals surface area (Å²) >= 11 is 0. The molecule has 2 amide bonds. The number of amides is 2. The number of hydrogen-bond donors (Lipinski definition) is 0. The molecule has 5 nitrogen and oxygen atoms in total. The highest BCUT2D eigenvalue weighted by atomic mass is 16.5. The minimum Gasteiger partial charge on any atom is -0.378 e. The molecule has 1 aliphatic rings. The second-order valence-electron chi connectivity index (χ2n) is 3.65. The van der Waals surface area contributed by atoms with Crippen molar-refractivity contribution in [2.24, 2.45) is 0 Å². The molecular weight excluding hydrogens is 206 g/mol. The predicted octanol–water partition coefficient (Wildman–Crippen LogP) is 0.970. The Morgan fingerprint density at radius 2 is 2.00 bits per heavy atom. The van der Waals surface area contributed by atoms with Gasteiger partial charge in [0.1, 0.15) is 0 Å². The van der Waals surface area contributed by atoms with E-state index in [0.717, 1.165) is 5.69 Å². The van der Waals surface area contributed by atoms with E-state index in [4.69, 9.17) is 4.74 Å². The van der Waals surface area contributed by atoms with Crippen LogP contribution in [0.15, 0.2) is 24.5 Å². The van der Waals surface area contributed by atoms with Crippen molar-refractivity contribution >= 4 is 11.7 Å². The summed E-state index contributed by atoms with van der Waals surface area (Å²) in [5, 5.41) is 0. The first-order valence-corrected chi connectivity index (χ1v) is 5.29. The third-order valence-corrected chi connectivity index (χ3v) is 2.62. The van der Waals surface area contributed by atoms with Crippen molar-refractivity contribution in [2.75, 3.05) is 38.3 Å². The fraction of sp³-hybridized carbons (Fsp3) is 0.455. The molecule has 0 spiro atoms. The van der Waals surface area contributed by atoms with Crippen LogP contribution in [-0.4, -0.2) is 49.3 Å². The maximum atomic E-state index is 12.1. The molecule has 0 aliphatic carbocycles. The van der Waals surface area contributed by atoms with Gasteiger partial charge in [-0.2, -0.15) is 0 Å². The van der Waals surface area contributed by atoms with E-state index in [1.165, 1.54) is 0 Å². The SMILES string of the molecule is CN(C(=O)N1CCOCC1)c1ccncc1. The van der Waals surface area contributed by atoms with Crippen LogP contribution in [0.25, 0.3) is 0 Å². The Labute approximate surface area is 94.6 Å².